The molecule has 2 heterocycles. The molecule has 0 radical (unpaired) electrons. The number of benzene rings is 1. The lowest BCUT2D eigenvalue weighted by atomic mass is 9.89. The standard InChI is InChI=1S/C21H27ClN4O2/c1-21(2,28)19(27)26-11-5-6-15(13-26)18-17(12-23-20(24-18)25(3)4)14-7-9-16(22)10-8-14/h7-10,12,15,28H,5-6,11,13H2,1-4H3/t15-/m1/s1. The Morgan fingerprint density at radius 3 is 2.57 bits per heavy atom. The van der Waals surface area contributed by atoms with Gasteiger partial charge in [0.2, 0.25) is 5.95 Å². The number of anilines is 1. The Bertz CT molecular complexity index is 846. The molecule has 1 atom stereocenters. The van der Waals surface area contributed by atoms with E-state index < -0.39 is 5.60 Å². The summed E-state index contributed by atoms with van der Waals surface area (Å²) in [5.41, 5.74) is 1.50. The van der Waals surface area contributed by atoms with Crippen LogP contribution < -0.4 is 4.90 Å². The molecule has 1 aliphatic heterocycles. The highest BCUT2D eigenvalue weighted by molar-refractivity contribution is 6.30. The largest absolute Gasteiger partial charge is 0.381 e. The van der Waals surface area contributed by atoms with Crippen LogP contribution >= 0.6 is 11.6 Å². The maximum atomic E-state index is 12.6. The van der Waals surface area contributed by atoms with Crippen LogP contribution in [0.15, 0.2) is 30.5 Å². The fourth-order valence-corrected chi connectivity index (χ4v) is 3.66. The summed E-state index contributed by atoms with van der Waals surface area (Å²) in [6, 6.07) is 7.63. The SMILES string of the molecule is CN(C)c1ncc(-c2ccc(Cl)cc2)c([C@@H]2CCCN(C(=O)C(C)(C)O)C2)n1. The second kappa shape index (κ2) is 8.05. The molecule has 1 amide bonds. The molecule has 0 spiro atoms. The number of carbonyl (C=O) groups is 1. The molecule has 1 aliphatic rings. The Labute approximate surface area is 171 Å². The zero-order chi connectivity index (χ0) is 20.5. The third kappa shape index (κ3) is 4.45. The normalized spacial score (nSPS) is 17.5. The molecule has 1 aromatic carbocycles. The molecule has 150 valence electrons. The number of nitrogens with zero attached hydrogens (tertiary/aromatic N) is 4. The average molecular weight is 403 g/mol. The summed E-state index contributed by atoms with van der Waals surface area (Å²) in [5, 5.41) is 10.8. The molecule has 1 saturated heterocycles. The van der Waals surface area contributed by atoms with Crippen molar-refractivity contribution in [3.63, 3.8) is 0 Å². The second-order valence-electron chi connectivity index (χ2n) is 8.02. The highest BCUT2D eigenvalue weighted by Gasteiger charge is 2.34. The van der Waals surface area contributed by atoms with Crippen LogP contribution in [0, 0.1) is 0 Å². The van der Waals surface area contributed by atoms with Gasteiger partial charge in [-0.2, -0.15) is 0 Å². The van der Waals surface area contributed by atoms with Crippen LogP contribution in [-0.4, -0.2) is 58.7 Å². The van der Waals surface area contributed by atoms with Crippen molar-refractivity contribution in [2.75, 3.05) is 32.1 Å². The molecular formula is C21H27ClN4O2. The van der Waals surface area contributed by atoms with Gasteiger partial charge in [-0.25, -0.2) is 9.97 Å². The van der Waals surface area contributed by atoms with Crippen molar-refractivity contribution in [3.05, 3.63) is 41.2 Å². The number of aliphatic hydroxyl groups is 1. The van der Waals surface area contributed by atoms with E-state index in [0.717, 1.165) is 29.7 Å². The molecule has 1 aromatic heterocycles. The summed E-state index contributed by atoms with van der Waals surface area (Å²) in [6.07, 6.45) is 3.64. The molecule has 28 heavy (non-hydrogen) atoms. The summed E-state index contributed by atoms with van der Waals surface area (Å²) < 4.78 is 0. The van der Waals surface area contributed by atoms with Gasteiger partial charge in [-0.3, -0.25) is 4.79 Å². The van der Waals surface area contributed by atoms with Gasteiger partial charge in [0.05, 0.1) is 5.69 Å². The predicted octanol–water partition coefficient (Wildman–Crippen LogP) is 3.34. The lowest BCUT2D eigenvalue weighted by Gasteiger charge is -2.36. The van der Waals surface area contributed by atoms with E-state index in [2.05, 4.69) is 4.98 Å². The number of halogens is 1. The number of amides is 1. The molecule has 0 bridgehead atoms. The van der Waals surface area contributed by atoms with Crippen LogP contribution in [0.5, 0.6) is 0 Å². The van der Waals surface area contributed by atoms with E-state index >= 15 is 0 Å². The molecule has 1 fully saturated rings. The number of likely N-dealkylation sites (tertiary alicyclic amines) is 1. The molecule has 6 nitrogen and oxygen atoms in total. The van der Waals surface area contributed by atoms with Crippen molar-refractivity contribution in [2.24, 2.45) is 0 Å². The van der Waals surface area contributed by atoms with Gasteiger partial charge in [0, 0.05) is 49.9 Å². The third-order valence-electron chi connectivity index (χ3n) is 4.98. The Balaban J connectivity index is 1.99. The Kier molecular flexibility index (Phi) is 5.91. The van der Waals surface area contributed by atoms with Crippen molar-refractivity contribution < 1.29 is 9.90 Å². The maximum absolute atomic E-state index is 12.6. The van der Waals surface area contributed by atoms with Gasteiger partial charge in [-0.05, 0) is 44.4 Å². The molecule has 0 unspecified atom stereocenters. The van der Waals surface area contributed by atoms with Crippen molar-refractivity contribution in [3.8, 4) is 11.1 Å². The van der Waals surface area contributed by atoms with Crippen molar-refractivity contribution in [1.29, 1.82) is 0 Å². The molecule has 7 heteroatoms. The zero-order valence-corrected chi connectivity index (χ0v) is 17.6. The Hall–Kier alpha value is -2.18. The topological polar surface area (TPSA) is 69.6 Å². The lowest BCUT2D eigenvalue weighted by Crippen LogP contribution is -2.48. The van der Waals surface area contributed by atoms with Crippen LogP contribution in [-0.2, 0) is 4.79 Å². The quantitative estimate of drug-likeness (QED) is 0.849. The lowest BCUT2D eigenvalue weighted by molar-refractivity contribution is -0.149. The number of hydrogen-bond donors (Lipinski definition) is 1. The van der Waals surface area contributed by atoms with Crippen molar-refractivity contribution in [2.45, 2.75) is 38.2 Å². The minimum atomic E-state index is -1.37. The summed E-state index contributed by atoms with van der Waals surface area (Å²) in [7, 11) is 3.82. The number of carbonyl (C=O) groups excluding carboxylic acids is 1. The zero-order valence-electron chi connectivity index (χ0n) is 16.8. The molecular weight excluding hydrogens is 376 g/mol. The van der Waals surface area contributed by atoms with Gasteiger partial charge in [-0.15, -0.1) is 0 Å². The van der Waals surface area contributed by atoms with Crippen LogP contribution in [0.3, 0.4) is 0 Å². The first kappa shape index (κ1) is 20.6. The van der Waals surface area contributed by atoms with Crippen molar-refractivity contribution >= 4 is 23.5 Å². The molecule has 0 aliphatic carbocycles. The number of piperidine rings is 1. The van der Waals surface area contributed by atoms with E-state index in [0.29, 0.717) is 24.1 Å². The van der Waals surface area contributed by atoms with Gasteiger partial charge in [0.15, 0.2) is 0 Å². The minimum Gasteiger partial charge on any atom is -0.381 e. The number of aromatic nitrogens is 2. The van der Waals surface area contributed by atoms with Crippen LogP contribution in [0.2, 0.25) is 5.02 Å². The summed E-state index contributed by atoms with van der Waals surface area (Å²) >= 11 is 6.05. The van der Waals surface area contributed by atoms with E-state index in [1.54, 1.807) is 4.90 Å². The van der Waals surface area contributed by atoms with Gasteiger partial charge in [0.1, 0.15) is 5.60 Å². The highest BCUT2D eigenvalue weighted by atomic mass is 35.5. The minimum absolute atomic E-state index is 0.0763. The molecule has 1 N–H and O–H groups in total. The van der Waals surface area contributed by atoms with E-state index in [1.165, 1.54) is 13.8 Å². The summed E-state index contributed by atoms with van der Waals surface area (Å²) in [5.74, 6) is 0.471. The third-order valence-corrected chi connectivity index (χ3v) is 5.23. The number of hydrogen-bond acceptors (Lipinski definition) is 5. The smallest absolute Gasteiger partial charge is 0.253 e. The summed E-state index contributed by atoms with van der Waals surface area (Å²) in [6.45, 7) is 4.26. The average Bonchev–Trinajstić information content (AvgIpc) is 2.67. The van der Waals surface area contributed by atoms with Gasteiger partial charge in [-0.1, -0.05) is 23.7 Å². The Morgan fingerprint density at radius 2 is 1.96 bits per heavy atom. The number of rotatable bonds is 4. The predicted molar refractivity (Wildman–Crippen MR) is 112 cm³/mol. The summed E-state index contributed by atoms with van der Waals surface area (Å²) in [4.78, 5) is 25.5. The Morgan fingerprint density at radius 1 is 1.29 bits per heavy atom. The van der Waals surface area contributed by atoms with Crippen LogP contribution in [0.25, 0.3) is 11.1 Å². The molecule has 3 rings (SSSR count). The highest BCUT2D eigenvalue weighted by Crippen LogP contribution is 2.34. The maximum Gasteiger partial charge on any atom is 0.253 e. The van der Waals surface area contributed by atoms with Gasteiger partial charge >= 0.3 is 0 Å². The van der Waals surface area contributed by atoms with Gasteiger partial charge in [0.25, 0.3) is 5.91 Å². The van der Waals surface area contributed by atoms with Crippen LogP contribution in [0.1, 0.15) is 38.3 Å². The first-order chi connectivity index (χ1) is 13.2. The monoisotopic (exact) mass is 402 g/mol. The van der Waals surface area contributed by atoms with Crippen molar-refractivity contribution in [1.82, 2.24) is 14.9 Å². The second-order valence-corrected chi connectivity index (χ2v) is 8.46. The van der Waals surface area contributed by atoms with Gasteiger partial charge < -0.3 is 14.9 Å². The van der Waals surface area contributed by atoms with E-state index in [-0.39, 0.29) is 11.8 Å². The van der Waals surface area contributed by atoms with Crippen LogP contribution in [0.4, 0.5) is 5.95 Å². The fraction of sp³-hybridized carbons (Fsp3) is 0.476. The van der Waals surface area contributed by atoms with E-state index in [1.807, 2.05) is 49.5 Å². The van der Waals surface area contributed by atoms with E-state index in [4.69, 9.17) is 16.6 Å². The fourth-order valence-electron chi connectivity index (χ4n) is 3.54. The van der Waals surface area contributed by atoms with E-state index in [9.17, 15) is 9.90 Å². The first-order valence-corrected chi connectivity index (χ1v) is 9.86. The molecule has 2 aromatic rings. The molecule has 0 saturated carbocycles. The first-order valence-electron chi connectivity index (χ1n) is 9.49.